The molecule has 0 unspecified atom stereocenters. The molecule has 0 aliphatic carbocycles. The lowest BCUT2D eigenvalue weighted by Crippen LogP contribution is -2.23. The highest BCUT2D eigenvalue weighted by Crippen LogP contribution is 2.23. The normalized spacial score (nSPS) is 10.4. The van der Waals surface area contributed by atoms with Crippen LogP contribution >= 0.6 is 0 Å². The number of rotatable bonds is 7. The van der Waals surface area contributed by atoms with Gasteiger partial charge >= 0.3 is 0 Å². The lowest BCUT2D eigenvalue weighted by molar-refractivity contribution is -0.110. The average Bonchev–Trinajstić information content (AvgIpc) is 3.14. The Morgan fingerprint density at radius 2 is 1.89 bits per heavy atom. The van der Waals surface area contributed by atoms with Crippen molar-refractivity contribution in [3.05, 3.63) is 66.0 Å². The van der Waals surface area contributed by atoms with Crippen LogP contribution in [0, 0.1) is 5.41 Å². The standard InChI is InChI=1S/C20H21N5O3.2H2/c1-27-15-7-13(8-16(9-15)28-2)11-25-12-14(10-23-25)24-20(26)19(22)17-5-3-4-6-18(17)21;;/h3-10,12,22H,11,21H2,1-2H3,(H,24,26);2*1H. The molecular formula is C20H25N5O3. The number of nitrogen functional groups attached to an aromatic ring is 1. The van der Waals surface area contributed by atoms with Crippen LogP contribution in [0.2, 0.25) is 0 Å². The number of carbonyl (C=O) groups is 1. The van der Waals surface area contributed by atoms with Gasteiger partial charge in [0.05, 0.1) is 32.6 Å². The zero-order valence-electron chi connectivity index (χ0n) is 15.6. The second-order valence-corrected chi connectivity index (χ2v) is 6.06. The third kappa shape index (κ3) is 4.29. The van der Waals surface area contributed by atoms with E-state index in [-0.39, 0.29) is 8.56 Å². The van der Waals surface area contributed by atoms with Gasteiger partial charge in [-0.25, -0.2) is 0 Å². The third-order valence-corrected chi connectivity index (χ3v) is 4.10. The SMILES string of the molecule is COc1cc(Cn2cc(NC(=O)C(=N)c3ccccc3N)cn2)cc(OC)c1.[HH].[HH]. The molecule has 0 bridgehead atoms. The third-order valence-electron chi connectivity index (χ3n) is 4.10. The van der Waals surface area contributed by atoms with E-state index in [4.69, 9.17) is 20.6 Å². The van der Waals surface area contributed by atoms with Crippen molar-refractivity contribution >= 4 is 23.0 Å². The predicted octanol–water partition coefficient (Wildman–Crippen LogP) is 3.03. The number of benzene rings is 2. The van der Waals surface area contributed by atoms with Crippen LogP contribution in [-0.4, -0.2) is 35.6 Å². The Morgan fingerprint density at radius 1 is 1.21 bits per heavy atom. The van der Waals surface area contributed by atoms with Crippen molar-refractivity contribution in [2.45, 2.75) is 6.54 Å². The molecule has 148 valence electrons. The molecule has 0 saturated carbocycles. The number of ether oxygens (including phenoxy) is 2. The zero-order chi connectivity index (χ0) is 20.1. The molecule has 2 aromatic carbocycles. The Labute approximate surface area is 165 Å². The first-order chi connectivity index (χ1) is 13.5. The summed E-state index contributed by atoms with van der Waals surface area (Å²) < 4.78 is 12.2. The quantitative estimate of drug-likeness (QED) is 0.428. The Balaban J connectivity index is 0.00000225. The fraction of sp³-hybridized carbons (Fsp3) is 0.150. The fourth-order valence-corrected chi connectivity index (χ4v) is 2.70. The van der Waals surface area contributed by atoms with Crippen LogP contribution in [0.15, 0.2) is 54.9 Å². The highest BCUT2D eigenvalue weighted by Gasteiger charge is 2.15. The first kappa shape index (κ1) is 19.0. The molecule has 1 heterocycles. The maximum atomic E-state index is 12.3. The molecule has 0 atom stereocenters. The predicted molar refractivity (Wildman–Crippen MR) is 111 cm³/mol. The van der Waals surface area contributed by atoms with Gasteiger partial charge in [0.2, 0.25) is 0 Å². The number of aromatic nitrogens is 2. The number of hydrogen-bond donors (Lipinski definition) is 3. The Kier molecular flexibility index (Phi) is 5.59. The summed E-state index contributed by atoms with van der Waals surface area (Å²) in [6, 6.07) is 12.3. The highest BCUT2D eigenvalue weighted by molar-refractivity contribution is 6.48. The summed E-state index contributed by atoms with van der Waals surface area (Å²) in [5.74, 6) is 0.813. The number of para-hydroxylation sites is 1. The van der Waals surface area contributed by atoms with Crippen LogP contribution in [0.4, 0.5) is 11.4 Å². The van der Waals surface area contributed by atoms with Crippen LogP contribution in [0.25, 0.3) is 0 Å². The number of hydrogen-bond acceptors (Lipinski definition) is 6. The Morgan fingerprint density at radius 3 is 2.54 bits per heavy atom. The van der Waals surface area contributed by atoms with Crippen LogP contribution < -0.4 is 20.5 Å². The molecule has 0 spiro atoms. The van der Waals surface area contributed by atoms with Gasteiger partial charge in [0, 0.05) is 26.4 Å². The van der Waals surface area contributed by atoms with Crippen LogP contribution in [0.5, 0.6) is 11.5 Å². The summed E-state index contributed by atoms with van der Waals surface area (Å²) in [6.07, 6.45) is 3.21. The number of nitrogens with one attached hydrogen (secondary N) is 2. The van der Waals surface area contributed by atoms with E-state index in [9.17, 15) is 4.79 Å². The maximum Gasteiger partial charge on any atom is 0.274 e. The van der Waals surface area contributed by atoms with Gasteiger partial charge in [-0.15, -0.1) is 0 Å². The summed E-state index contributed by atoms with van der Waals surface area (Å²) in [6.45, 7) is 0.465. The number of amides is 1. The van der Waals surface area contributed by atoms with Crippen molar-refractivity contribution in [1.29, 1.82) is 5.41 Å². The summed E-state index contributed by atoms with van der Waals surface area (Å²) >= 11 is 0. The molecule has 0 fully saturated rings. The average molecular weight is 383 g/mol. The minimum absolute atomic E-state index is 0. The summed E-state index contributed by atoms with van der Waals surface area (Å²) in [7, 11) is 3.18. The molecule has 4 N–H and O–H groups in total. The highest BCUT2D eigenvalue weighted by atomic mass is 16.5. The van der Waals surface area contributed by atoms with Gasteiger partial charge in [0.15, 0.2) is 0 Å². The zero-order valence-corrected chi connectivity index (χ0v) is 15.6. The van der Waals surface area contributed by atoms with Gasteiger partial charge in [-0.1, -0.05) is 18.2 Å². The second kappa shape index (κ2) is 8.26. The molecule has 0 aliphatic heterocycles. The van der Waals surface area contributed by atoms with Gasteiger partial charge in [-0.3, -0.25) is 14.9 Å². The molecule has 28 heavy (non-hydrogen) atoms. The van der Waals surface area contributed by atoms with Gasteiger partial charge in [0.1, 0.15) is 17.2 Å². The van der Waals surface area contributed by atoms with Crippen molar-refractivity contribution in [3.8, 4) is 11.5 Å². The number of carbonyl (C=O) groups excluding carboxylic acids is 1. The molecule has 8 heteroatoms. The number of anilines is 2. The summed E-state index contributed by atoms with van der Waals surface area (Å²) in [5.41, 5.74) is 7.81. The van der Waals surface area contributed by atoms with Gasteiger partial charge < -0.3 is 20.5 Å². The van der Waals surface area contributed by atoms with E-state index in [1.54, 1.807) is 55.4 Å². The van der Waals surface area contributed by atoms with E-state index >= 15 is 0 Å². The number of methoxy groups -OCH3 is 2. The molecule has 3 aromatic rings. The van der Waals surface area contributed by atoms with Crippen LogP contribution in [0.1, 0.15) is 14.0 Å². The van der Waals surface area contributed by atoms with E-state index in [2.05, 4.69) is 10.4 Å². The second-order valence-electron chi connectivity index (χ2n) is 6.06. The molecule has 3 rings (SSSR count). The van der Waals surface area contributed by atoms with Gasteiger partial charge in [0.25, 0.3) is 5.91 Å². The fourth-order valence-electron chi connectivity index (χ4n) is 2.70. The summed E-state index contributed by atoms with van der Waals surface area (Å²) in [4.78, 5) is 12.3. The van der Waals surface area contributed by atoms with Crippen LogP contribution in [0.3, 0.4) is 0 Å². The first-order valence-corrected chi connectivity index (χ1v) is 8.49. The van der Waals surface area contributed by atoms with Crippen molar-refractivity contribution in [2.75, 3.05) is 25.3 Å². The molecule has 0 saturated heterocycles. The summed E-state index contributed by atoms with van der Waals surface area (Å²) in [5, 5.41) is 15.0. The van der Waals surface area contributed by atoms with Crippen molar-refractivity contribution in [3.63, 3.8) is 0 Å². The smallest absolute Gasteiger partial charge is 0.274 e. The van der Waals surface area contributed by atoms with Crippen molar-refractivity contribution in [2.24, 2.45) is 0 Å². The van der Waals surface area contributed by atoms with Gasteiger partial charge in [-0.05, 0) is 23.8 Å². The largest absolute Gasteiger partial charge is 0.497 e. The molecule has 8 nitrogen and oxygen atoms in total. The first-order valence-electron chi connectivity index (χ1n) is 8.49. The maximum absolute atomic E-state index is 12.3. The van der Waals surface area contributed by atoms with Crippen molar-refractivity contribution < 1.29 is 17.1 Å². The van der Waals surface area contributed by atoms with Gasteiger partial charge in [-0.2, -0.15) is 5.10 Å². The lowest BCUT2D eigenvalue weighted by atomic mass is 10.1. The van der Waals surface area contributed by atoms with E-state index in [0.717, 1.165) is 5.56 Å². The van der Waals surface area contributed by atoms with Crippen molar-refractivity contribution in [1.82, 2.24) is 9.78 Å². The molecule has 1 amide bonds. The minimum atomic E-state index is -0.555. The minimum Gasteiger partial charge on any atom is -0.497 e. The number of nitrogens with two attached hydrogens (primary N) is 1. The lowest BCUT2D eigenvalue weighted by Gasteiger charge is -2.09. The van der Waals surface area contributed by atoms with E-state index < -0.39 is 5.91 Å². The monoisotopic (exact) mass is 383 g/mol. The van der Waals surface area contributed by atoms with Crippen LogP contribution in [-0.2, 0) is 11.3 Å². The number of nitrogens with zero attached hydrogens (tertiary/aromatic N) is 2. The van der Waals surface area contributed by atoms with E-state index in [1.807, 2.05) is 12.1 Å². The Hall–Kier alpha value is -3.81. The van der Waals surface area contributed by atoms with E-state index in [0.29, 0.717) is 35.0 Å². The topological polar surface area (TPSA) is 115 Å². The Bertz CT molecular complexity index is 1000. The molecular weight excluding hydrogens is 358 g/mol. The molecule has 1 aromatic heterocycles. The molecule has 0 radical (unpaired) electrons. The van der Waals surface area contributed by atoms with E-state index in [1.165, 1.54) is 6.20 Å². The molecule has 0 aliphatic rings.